The molecule has 0 radical (unpaired) electrons. The van der Waals surface area contributed by atoms with E-state index in [1.54, 1.807) is 17.2 Å². The Morgan fingerprint density at radius 1 is 1.42 bits per heavy atom. The number of carbonyl (C=O) groups is 1. The summed E-state index contributed by atoms with van der Waals surface area (Å²) in [6.45, 7) is 5.05. The molecule has 0 spiro atoms. The van der Waals surface area contributed by atoms with Crippen molar-refractivity contribution in [2.24, 2.45) is 0 Å². The molecular formula is C19H22FN5O. The largest absolute Gasteiger partial charge is 0.358 e. The number of halogens is 1. The van der Waals surface area contributed by atoms with Crippen LogP contribution in [-0.4, -0.2) is 32.4 Å². The summed E-state index contributed by atoms with van der Waals surface area (Å²) in [6, 6.07) is 4.46. The number of rotatable bonds is 3. The van der Waals surface area contributed by atoms with E-state index in [0.29, 0.717) is 13.1 Å². The second-order valence-electron chi connectivity index (χ2n) is 6.81. The Bertz CT molecular complexity index is 960. The monoisotopic (exact) mass is 355 g/mol. The number of urea groups is 1. The van der Waals surface area contributed by atoms with E-state index < -0.39 is 0 Å². The van der Waals surface area contributed by atoms with E-state index in [1.807, 2.05) is 13.8 Å². The summed E-state index contributed by atoms with van der Waals surface area (Å²) in [5.41, 5.74) is 3.97. The SMILES string of the molecule is CCC(NC(=O)N1CCc2[nH]c3ccc(F)cc3c2C1)c1ncc(C)[nH]1. The molecule has 0 bridgehead atoms. The van der Waals surface area contributed by atoms with Crippen LogP contribution in [0.5, 0.6) is 0 Å². The van der Waals surface area contributed by atoms with E-state index in [-0.39, 0.29) is 17.9 Å². The van der Waals surface area contributed by atoms with Gasteiger partial charge in [-0.15, -0.1) is 0 Å². The van der Waals surface area contributed by atoms with Gasteiger partial charge in [-0.3, -0.25) is 0 Å². The first-order chi connectivity index (χ1) is 12.5. The molecule has 1 aliphatic rings. The number of nitrogens with zero attached hydrogens (tertiary/aromatic N) is 2. The number of imidazole rings is 1. The minimum atomic E-state index is -0.264. The first-order valence-electron chi connectivity index (χ1n) is 8.91. The van der Waals surface area contributed by atoms with Gasteiger partial charge in [0.15, 0.2) is 0 Å². The van der Waals surface area contributed by atoms with Crippen LogP contribution in [0.4, 0.5) is 9.18 Å². The number of amides is 2. The van der Waals surface area contributed by atoms with Gasteiger partial charge in [-0.1, -0.05) is 6.92 Å². The highest BCUT2D eigenvalue weighted by atomic mass is 19.1. The molecule has 0 aliphatic carbocycles. The van der Waals surface area contributed by atoms with Crippen LogP contribution in [0, 0.1) is 12.7 Å². The zero-order valence-electron chi connectivity index (χ0n) is 14.9. The third-order valence-corrected chi connectivity index (χ3v) is 4.98. The lowest BCUT2D eigenvalue weighted by atomic mass is 10.0. The standard InChI is InChI=1S/C19H22FN5O/c1-3-15(18-21-9-11(2)22-18)24-19(26)25-7-6-17-14(10-25)13-8-12(20)4-5-16(13)23-17/h4-5,8-9,15,23H,3,6-7,10H2,1-2H3,(H,21,22)(H,24,26). The van der Waals surface area contributed by atoms with Gasteiger partial charge in [-0.25, -0.2) is 14.2 Å². The van der Waals surface area contributed by atoms with Crippen molar-refractivity contribution >= 4 is 16.9 Å². The number of aromatic nitrogens is 3. The fourth-order valence-corrected chi connectivity index (χ4v) is 3.57. The molecule has 3 N–H and O–H groups in total. The van der Waals surface area contributed by atoms with E-state index in [1.165, 1.54) is 12.1 Å². The zero-order valence-corrected chi connectivity index (χ0v) is 14.9. The summed E-state index contributed by atoms with van der Waals surface area (Å²) in [5.74, 6) is 0.505. The molecule has 0 saturated carbocycles. The lowest BCUT2D eigenvalue weighted by Crippen LogP contribution is -2.44. The van der Waals surface area contributed by atoms with Crippen LogP contribution in [0.1, 0.15) is 42.2 Å². The topological polar surface area (TPSA) is 76.8 Å². The molecule has 1 aliphatic heterocycles. The second-order valence-corrected chi connectivity index (χ2v) is 6.81. The van der Waals surface area contributed by atoms with Crippen molar-refractivity contribution in [2.45, 2.75) is 39.3 Å². The molecule has 0 saturated heterocycles. The summed E-state index contributed by atoms with van der Waals surface area (Å²) in [5, 5.41) is 3.91. The maximum absolute atomic E-state index is 13.6. The van der Waals surface area contributed by atoms with Crippen LogP contribution in [0.2, 0.25) is 0 Å². The first kappa shape index (κ1) is 16.6. The number of carbonyl (C=O) groups excluding carboxylic acids is 1. The van der Waals surface area contributed by atoms with Gasteiger partial charge in [0, 0.05) is 53.6 Å². The molecule has 1 unspecified atom stereocenters. The Morgan fingerprint density at radius 3 is 3.00 bits per heavy atom. The molecule has 4 rings (SSSR count). The number of hydrogen-bond donors (Lipinski definition) is 3. The molecule has 26 heavy (non-hydrogen) atoms. The van der Waals surface area contributed by atoms with E-state index in [4.69, 9.17) is 0 Å². The number of nitrogens with one attached hydrogen (secondary N) is 3. The number of hydrogen-bond acceptors (Lipinski definition) is 2. The Morgan fingerprint density at radius 2 is 2.27 bits per heavy atom. The number of benzene rings is 1. The molecule has 3 aromatic rings. The average molecular weight is 355 g/mol. The van der Waals surface area contributed by atoms with Crippen molar-refractivity contribution < 1.29 is 9.18 Å². The van der Waals surface area contributed by atoms with E-state index in [2.05, 4.69) is 20.3 Å². The Labute approximate surface area is 150 Å². The molecule has 6 nitrogen and oxygen atoms in total. The van der Waals surface area contributed by atoms with Gasteiger partial charge in [0.2, 0.25) is 0 Å². The lowest BCUT2D eigenvalue weighted by Gasteiger charge is -2.29. The fraction of sp³-hybridized carbons (Fsp3) is 0.368. The highest BCUT2D eigenvalue weighted by Crippen LogP contribution is 2.28. The Hall–Kier alpha value is -2.83. The van der Waals surface area contributed by atoms with Crippen LogP contribution in [0.25, 0.3) is 10.9 Å². The van der Waals surface area contributed by atoms with Gasteiger partial charge >= 0.3 is 6.03 Å². The third kappa shape index (κ3) is 2.94. The second kappa shape index (κ2) is 6.48. The highest BCUT2D eigenvalue weighted by molar-refractivity contribution is 5.86. The van der Waals surface area contributed by atoms with Gasteiger partial charge in [0.05, 0.1) is 6.04 Å². The Balaban J connectivity index is 1.53. The van der Waals surface area contributed by atoms with Gasteiger partial charge in [0.25, 0.3) is 0 Å². The van der Waals surface area contributed by atoms with E-state index in [0.717, 1.165) is 46.5 Å². The molecule has 1 aromatic carbocycles. The van der Waals surface area contributed by atoms with Gasteiger partial charge in [-0.2, -0.15) is 0 Å². The molecule has 1 atom stereocenters. The molecule has 3 heterocycles. The normalized spacial score (nSPS) is 15.1. The van der Waals surface area contributed by atoms with Crippen molar-refractivity contribution in [1.29, 1.82) is 0 Å². The number of H-pyrrole nitrogens is 2. The summed E-state index contributed by atoms with van der Waals surface area (Å²) >= 11 is 0. The van der Waals surface area contributed by atoms with Crippen molar-refractivity contribution in [3.63, 3.8) is 0 Å². The Kier molecular flexibility index (Phi) is 4.14. The van der Waals surface area contributed by atoms with Crippen molar-refractivity contribution in [3.05, 3.63) is 53.0 Å². The fourth-order valence-electron chi connectivity index (χ4n) is 3.57. The summed E-state index contributed by atoms with van der Waals surface area (Å²) in [7, 11) is 0. The molecule has 0 fully saturated rings. The number of aromatic amines is 2. The van der Waals surface area contributed by atoms with Gasteiger partial charge in [0.1, 0.15) is 11.6 Å². The van der Waals surface area contributed by atoms with Crippen LogP contribution in [-0.2, 0) is 13.0 Å². The predicted octanol–water partition coefficient (Wildman–Crippen LogP) is 3.56. The molecule has 2 amide bonds. The predicted molar refractivity (Wildman–Crippen MR) is 97.3 cm³/mol. The lowest BCUT2D eigenvalue weighted by molar-refractivity contribution is 0.187. The molecule has 7 heteroatoms. The zero-order chi connectivity index (χ0) is 18.3. The van der Waals surface area contributed by atoms with E-state index in [9.17, 15) is 9.18 Å². The summed E-state index contributed by atoms with van der Waals surface area (Å²) in [6.07, 6.45) is 3.24. The average Bonchev–Trinajstić information content (AvgIpc) is 3.22. The third-order valence-electron chi connectivity index (χ3n) is 4.98. The smallest absolute Gasteiger partial charge is 0.318 e. The molecular weight excluding hydrogens is 333 g/mol. The van der Waals surface area contributed by atoms with Crippen LogP contribution in [0.3, 0.4) is 0 Å². The van der Waals surface area contributed by atoms with Gasteiger partial charge in [-0.05, 0) is 31.5 Å². The van der Waals surface area contributed by atoms with Crippen molar-refractivity contribution in [3.8, 4) is 0 Å². The quantitative estimate of drug-likeness (QED) is 0.672. The van der Waals surface area contributed by atoms with Crippen LogP contribution in [0.15, 0.2) is 24.4 Å². The number of fused-ring (bicyclic) bond motifs is 3. The molecule has 136 valence electrons. The van der Waals surface area contributed by atoms with Gasteiger partial charge < -0.3 is 20.2 Å². The minimum absolute atomic E-state index is 0.123. The van der Waals surface area contributed by atoms with Crippen molar-refractivity contribution in [1.82, 2.24) is 25.2 Å². The van der Waals surface area contributed by atoms with Crippen LogP contribution >= 0.6 is 0 Å². The van der Waals surface area contributed by atoms with Crippen LogP contribution < -0.4 is 5.32 Å². The first-order valence-corrected chi connectivity index (χ1v) is 8.91. The summed E-state index contributed by atoms with van der Waals surface area (Å²) < 4.78 is 13.6. The summed E-state index contributed by atoms with van der Waals surface area (Å²) in [4.78, 5) is 25.4. The number of aryl methyl sites for hydroxylation is 1. The minimum Gasteiger partial charge on any atom is -0.358 e. The molecule has 2 aromatic heterocycles. The van der Waals surface area contributed by atoms with E-state index >= 15 is 0 Å². The maximum atomic E-state index is 13.6. The van der Waals surface area contributed by atoms with Crippen molar-refractivity contribution in [2.75, 3.05) is 6.54 Å². The highest BCUT2D eigenvalue weighted by Gasteiger charge is 2.26. The maximum Gasteiger partial charge on any atom is 0.318 e.